The molecule has 9 heteroatoms. The van der Waals surface area contributed by atoms with Crippen LogP contribution in [0.25, 0.3) is 0 Å². The zero-order valence-electron chi connectivity index (χ0n) is 13.8. The van der Waals surface area contributed by atoms with E-state index in [1.807, 2.05) is 7.05 Å². The van der Waals surface area contributed by atoms with E-state index in [0.29, 0.717) is 6.42 Å². The number of benzene rings is 1. The summed E-state index contributed by atoms with van der Waals surface area (Å²) in [5.74, 6) is -1.13. The Bertz CT molecular complexity index is 629. The van der Waals surface area contributed by atoms with E-state index in [9.17, 15) is 13.6 Å². The molecule has 132 valence electrons. The summed E-state index contributed by atoms with van der Waals surface area (Å²) in [5, 5.41) is 9.51. The Balaban J connectivity index is 2.26. The van der Waals surface area contributed by atoms with Gasteiger partial charge in [-0.2, -0.15) is 10.1 Å². The maximum atomic E-state index is 14.0. The predicted octanol–water partition coefficient (Wildman–Crippen LogP) is 2.61. The van der Waals surface area contributed by atoms with E-state index in [2.05, 4.69) is 10.4 Å². The van der Waals surface area contributed by atoms with Crippen molar-refractivity contribution in [2.24, 2.45) is 5.10 Å². The second kappa shape index (κ2) is 8.41. The molecule has 1 aromatic rings. The number of thioether (sulfide) groups is 1. The van der Waals surface area contributed by atoms with Crippen molar-refractivity contribution in [3.63, 3.8) is 0 Å². The molecule has 0 spiro atoms. The Hall–Kier alpha value is -1.71. The summed E-state index contributed by atoms with van der Waals surface area (Å²) in [5.41, 5.74) is 0.0500. The van der Waals surface area contributed by atoms with Crippen LogP contribution >= 0.6 is 11.8 Å². The van der Waals surface area contributed by atoms with Gasteiger partial charge in [-0.3, -0.25) is 4.84 Å². The molecular formula is C15H20F2N4O2S. The van der Waals surface area contributed by atoms with E-state index in [1.165, 1.54) is 30.9 Å². The van der Waals surface area contributed by atoms with Crippen molar-refractivity contribution in [1.82, 2.24) is 15.4 Å². The third-order valence-corrected chi connectivity index (χ3v) is 4.73. The highest BCUT2D eigenvalue weighted by Crippen LogP contribution is 2.34. The number of urea groups is 1. The van der Waals surface area contributed by atoms with Crippen LogP contribution in [0.5, 0.6) is 0 Å². The molecule has 0 saturated heterocycles. The number of hydroxylamine groups is 2. The first-order valence-electron chi connectivity index (χ1n) is 7.44. The average molecular weight is 358 g/mol. The number of hydrogen-bond donors (Lipinski definition) is 1. The number of nitrogens with zero attached hydrogens (tertiary/aromatic N) is 3. The lowest BCUT2D eigenvalue weighted by Gasteiger charge is -2.24. The maximum Gasteiger partial charge on any atom is 0.365 e. The number of amides is 2. The van der Waals surface area contributed by atoms with Gasteiger partial charge >= 0.3 is 6.03 Å². The standard InChI is InChI=1S/C15H20F2N4O2S/c1-18-8-4-5-13-21(15(22)20(2)23-3)19-14(24-13)11-9-10(16)6-7-12(11)17/h6-7,9,13,18H,4-5,8H2,1-3H3. The highest BCUT2D eigenvalue weighted by Gasteiger charge is 2.35. The quantitative estimate of drug-likeness (QED) is 0.627. The lowest BCUT2D eigenvalue weighted by Crippen LogP contribution is -2.40. The van der Waals surface area contributed by atoms with Gasteiger partial charge in [-0.15, -0.1) is 0 Å². The zero-order valence-corrected chi connectivity index (χ0v) is 14.6. The molecular weight excluding hydrogens is 338 g/mol. The van der Waals surface area contributed by atoms with Crippen molar-refractivity contribution in [3.05, 3.63) is 35.4 Å². The predicted molar refractivity (Wildman–Crippen MR) is 89.4 cm³/mol. The van der Waals surface area contributed by atoms with Gasteiger partial charge in [0, 0.05) is 12.6 Å². The van der Waals surface area contributed by atoms with E-state index in [0.717, 1.165) is 36.2 Å². The zero-order chi connectivity index (χ0) is 17.7. The van der Waals surface area contributed by atoms with Gasteiger partial charge in [0.1, 0.15) is 22.1 Å². The average Bonchev–Trinajstić information content (AvgIpc) is 2.99. The molecule has 1 unspecified atom stereocenters. The Morgan fingerprint density at radius 1 is 1.50 bits per heavy atom. The molecule has 2 amide bonds. The molecule has 0 aromatic heterocycles. The van der Waals surface area contributed by atoms with Gasteiger partial charge in [0.2, 0.25) is 0 Å². The van der Waals surface area contributed by atoms with Gasteiger partial charge in [-0.05, 0) is 44.6 Å². The third-order valence-electron chi connectivity index (χ3n) is 3.49. The van der Waals surface area contributed by atoms with Crippen molar-refractivity contribution in [2.45, 2.75) is 18.2 Å². The minimum absolute atomic E-state index is 0.0500. The number of hydrogen-bond acceptors (Lipinski definition) is 5. The van der Waals surface area contributed by atoms with E-state index in [4.69, 9.17) is 4.84 Å². The number of carbonyl (C=O) groups excluding carboxylic acids is 1. The summed E-state index contributed by atoms with van der Waals surface area (Å²) in [4.78, 5) is 17.3. The van der Waals surface area contributed by atoms with Crippen LogP contribution in [0.3, 0.4) is 0 Å². The van der Waals surface area contributed by atoms with Crippen LogP contribution in [0.2, 0.25) is 0 Å². The minimum Gasteiger partial charge on any atom is -0.320 e. The van der Waals surface area contributed by atoms with Crippen LogP contribution < -0.4 is 5.32 Å². The molecule has 0 radical (unpaired) electrons. The second-order valence-corrected chi connectivity index (χ2v) is 6.32. The van der Waals surface area contributed by atoms with Crippen LogP contribution in [0.15, 0.2) is 23.3 Å². The molecule has 0 aliphatic carbocycles. The molecule has 2 rings (SSSR count). The SMILES string of the molecule is CNCCCC1SC(c2cc(F)ccc2F)=NN1C(=O)N(C)OC. The molecule has 1 aromatic carbocycles. The molecule has 0 fully saturated rings. The molecule has 1 aliphatic rings. The Morgan fingerprint density at radius 2 is 2.25 bits per heavy atom. The molecule has 6 nitrogen and oxygen atoms in total. The fraction of sp³-hybridized carbons (Fsp3) is 0.467. The number of halogens is 2. The van der Waals surface area contributed by atoms with Crippen molar-refractivity contribution >= 4 is 22.8 Å². The lowest BCUT2D eigenvalue weighted by molar-refractivity contribution is -0.0765. The highest BCUT2D eigenvalue weighted by molar-refractivity contribution is 8.15. The van der Waals surface area contributed by atoms with Crippen LogP contribution in [-0.4, -0.2) is 54.3 Å². The maximum absolute atomic E-state index is 14.0. The number of hydrazone groups is 1. The molecule has 1 N–H and O–H groups in total. The minimum atomic E-state index is -0.578. The molecule has 24 heavy (non-hydrogen) atoms. The molecule has 1 heterocycles. The Morgan fingerprint density at radius 3 is 2.92 bits per heavy atom. The normalized spacial score (nSPS) is 17.1. The summed E-state index contributed by atoms with van der Waals surface area (Å²) < 4.78 is 27.4. The van der Waals surface area contributed by atoms with Gasteiger partial charge in [0.15, 0.2) is 0 Å². The third kappa shape index (κ3) is 4.22. The Labute approximate surface area is 143 Å². The summed E-state index contributed by atoms with van der Waals surface area (Å²) in [6.45, 7) is 0.781. The molecule has 1 atom stereocenters. The van der Waals surface area contributed by atoms with Gasteiger partial charge in [-0.1, -0.05) is 11.8 Å². The van der Waals surface area contributed by atoms with Crippen molar-refractivity contribution in [1.29, 1.82) is 0 Å². The van der Waals surface area contributed by atoms with E-state index < -0.39 is 17.7 Å². The summed E-state index contributed by atoms with van der Waals surface area (Å²) >= 11 is 1.24. The van der Waals surface area contributed by atoms with Crippen molar-refractivity contribution in [3.8, 4) is 0 Å². The smallest absolute Gasteiger partial charge is 0.320 e. The Kier molecular flexibility index (Phi) is 6.52. The first kappa shape index (κ1) is 18.6. The fourth-order valence-electron chi connectivity index (χ4n) is 2.17. The second-order valence-electron chi connectivity index (χ2n) is 5.15. The van der Waals surface area contributed by atoms with Crippen molar-refractivity contribution in [2.75, 3.05) is 27.7 Å². The summed E-state index contributed by atoms with van der Waals surface area (Å²) in [6.07, 6.45) is 1.46. The summed E-state index contributed by atoms with van der Waals surface area (Å²) in [6, 6.07) is 2.71. The van der Waals surface area contributed by atoms with Crippen molar-refractivity contribution < 1.29 is 18.4 Å². The van der Waals surface area contributed by atoms with Crippen LogP contribution in [-0.2, 0) is 4.84 Å². The molecule has 0 bridgehead atoms. The van der Waals surface area contributed by atoms with Gasteiger partial charge in [0.05, 0.1) is 7.11 Å². The number of carbonyl (C=O) groups is 1. The fourth-order valence-corrected chi connectivity index (χ4v) is 3.36. The van der Waals surface area contributed by atoms with Crippen LogP contribution in [0.1, 0.15) is 18.4 Å². The first-order valence-corrected chi connectivity index (χ1v) is 8.32. The van der Waals surface area contributed by atoms with E-state index in [1.54, 1.807) is 0 Å². The largest absolute Gasteiger partial charge is 0.365 e. The first-order chi connectivity index (χ1) is 11.5. The van der Waals surface area contributed by atoms with E-state index >= 15 is 0 Å². The summed E-state index contributed by atoms with van der Waals surface area (Å²) in [7, 11) is 4.68. The van der Waals surface area contributed by atoms with Crippen LogP contribution in [0.4, 0.5) is 13.6 Å². The highest BCUT2D eigenvalue weighted by atomic mass is 32.2. The van der Waals surface area contributed by atoms with Gasteiger partial charge in [-0.25, -0.2) is 18.6 Å². The molecule has 1 aliphatic heterocycles. The monoisotopic (exact) mass is 358 g/mol. The van der Waals surface area contributed by atoms with Gasteiger partial charge < -0.3 is 5.32 Å². The lowest BCUT2D eigenvalue weighted by atomic mass is 10.2. The van der Waals surface area contributed by atoms with Crippen LogP contribution in [0, 0.1) is 11.6 Å². The number of rotatable bonds is 6. The number of nitrogens with one attached hydrogen (secondary N) is 1. The van der Waals surface area contributed by atoms with Gasteiger partial charge in [0.25, 0.3) is 0 Å². The topological polar surface area (TPSA) is 57.2 Å². The van der Waals surface area contributed by atoms with E-state index in [-0.39, 0.29) is 16.0 Å². The molecule has 0 saturated carbocycles.